The van der Waals surface area contributed by atoms with E-state index in [4.69, 9.17) is 15.7 Å². The van der Waals surface area contributed by atoms with Crippen LogP contribution in [-0.2, 0) is 0 Å². The van der Waals surface area contributed by atoms with E-state index in [-0.39, 0.29) is 0 Å². The minimum absolute atomic E-state index is 0.431. The molecule has 102 valence electrons. The SMILES string of the molecule is Cc1cc(Oc2ccc(C#N)c(N)c2)ccc1C(C)C. The molecule has 2 N–H and O–H groups in total. The summed E-state index contributed by atoms with van der Waals surface area (Å²) in [6, 6.07) is 13.2. The Morgan fingerprint density at radius 3 is 2.30 bits per heavy atom. The molecular weight excluding hydrogens is 248 g/mol. The lowest BCUT2D eigenvalue weighted by Crippen LogP contribution is -1.94. The molecule has 0 heterocycles. The Kier molecular flexibility index (Phi) is 3.95. The van der Waals surface area contributed by atoms with Crippen molar-refractivity contribution in [3.63, 3.8) is 0 Å². The maximum atomic E-state index is 8.85. The van der Waals surface area contributed by atoms with Gasteiger partial charge in [0.2, 0.25) is 0 Å². The molecule has 3 nitrogen and oxygen atoms in total. The maximum Gasteiger partial charge on any atom is 0.129 e. The fourth-order valence-corrected chi connectivity index (χ4v) is 2.20. The highest BCUT2D eigenvalue weighted by atomic mass is 16.5. The standard InChI is InChI=1S/C17H18N2O/c1-11(2)16-7-6-14(8-12(16)3)20-15-5-4-13(10-18)17(19)9-15/h4-9,11H,19H2,1-3H3. The number of nitrogens with zero attached hydrogens (tertiary/aromatic N) is 1. The lowest BCUT2D eigenvalue weighted by molar-refractivity contribution is 0.482. The third-order valence-electron chi connectivity index (χ3n) is 3.24. The van der Waals surface area contributed by atoms with Crippen molar-refractivity contribution >= 4 is 5.69 Å². The largest absolute Gasteiger partial charge is 0.457 e. The number of aryl methyl sites for hydroxylation is 1. The van der Waals surface area contributed by atoms with Crippen LogP contribution < -0.4 is 10.5 Å². The molecule has 3 heteroatoms. The summed E-state index contributed by atoms with van der Waals surface area (Å²) in [6.45, 7) is 6.42. The van der Waals surface area contributed by atoms with Crippen LogP contribution in [0.2, 0.25) is 0 Å². The van der Waals surface area contributed by atoms with Gasteiger partial charge in [-0.3, -0.25) is 0 Å². The fourth-order valence-electron chi connectivity index (χ4n) is 2.20. The Morgan fingerprint density at radius 2 is 1.75 bits per heavy atom. The van der Waals surface area contributed by atoms with E-state index in [0.717, 1.165) is 5.75 Å². The lowest BCUT2D eigenvalue weighted by atomic mass is 9.98. The summed E-state index contributed by atoms with van der Waals surface area (Å²) < 4.78 is 5.78. The summed E-state index contributed by atoms with van der Waals surface area (Å²) in [7, 11) is 0. The highest BCUT2D eigenvalue weighted by Gasteiger charge is 2.06. The van der Waals surface area contributed by atoms with Gasteiger partial charge in [0.25, 0.3) is 0 Å². The van der Waals surface area contributed by atoms with Crippen molar-refractivity contribution in [1.82, 2.24) is 0 Å². The van der Waals surface area contributed by atoms with Crippen LogP contribution in [0.4, 0.5) is 5.69 Å². The number of benzene rings is 2. The van der Waals surface area contributed by atoms with Crippen molar-refractivity contribution in [2.75, 3.05) is 5.73 Å². The molecule has 0 bridgehead atoms. The number of rotatable bonds is 3. The van der Waals surface area contributed by atoms with Crippen LogP contribution in [0.5, 0.6) is 11.5 Å². The third kappa shape index (κ3) is 2.92. The van der Waals surface area contributed by atoms with E-state index in [1.54, 1.807) is 18.2 Å². The predicted molar refractivity (Wildman–Crippen MR) is 80.9 cm³/mol. The van der Waals surface area contributed by atoms with Crippen molar-refractivity contribution in [2.24, 2.45) is 0 Å². The maximum absolute atomic E-state index is 8.85. The Hall–Kier alpha value is -2.47. The van der Waals surface area contributed by atoms with Crippen molar-refractivity contribution in [3.05, 3.63) is 53.1 Å². The monoisotopic (exact) mass is 266 g/mol. The molecule has 0 unspecified atom stereocenters. The van der Waals surface area contributed by atoms with E-state index in [9.17, 15) is 0 Å². The zero-order valence-electron chi connectivity index (χ0n) is 12.0. The van der Waals surface area contributed by atoms with Gasteiger partial charge in [-0.15, -0.1) is 0 Å². The molecule has 0 saturated heterocycles. The van der Waals surface area contributed by atoms with E-state index >= 15 is 0 Å². The molecular formula is C17H18N2O. The first kappa shape index (κ1) is 14.0. The Balaban J connectivity index is 2.25. The molecule has 0 amide bonds. The topological polar surface area (TPSA) is 59.0 Å². The molecule has 0 aliphatic heterocycles. The first-order valence-electron chi connectivity index (χ1n) is 6.59. The number of nitrogens with two attached hydrogens (primary N) is 1. The van der Waals surface area contributed by atoms with E-state index in [1.165, 1.54) is 11.1 Å². The van der Waals surface area contributed by atoms with E-state index in [2.05, 4.69) is 26.8 Å². The average molecular weight is 266 g/mol. The number of nitriles is 1. The molecule has 0 atom stereocenters. The first-order chi connectivity index (χ1) is 9.51. The zero-order valence-corrected chi connectivity index (χ0v) is 12.0. The molecule has 2 rings (SSSR count). The smallest absolute Gasteiger partial charge is 0.129 e. The van der Waals surface area contributed by atoms with Crippen LogP contribution in [-0.4, -0.2) is 0 Å². The summed E-state index contributed by atoms with van der Waals surface area (Å²) >= 11 is 0. The van der Waals surface area contributed by atoms with Gasteiger partial charge in [0, 0.05) is 6.07 Å². The van der Waals surface area contributed by atoms with Crippen molar-refractivity contribution in [2.45, 2.75) is 26.7 Å². The minimum atomic E-state index is 0.431. The Morgan fingerprint density at radius 1 is 1.10 bits per heavy atom. The Labute approximate surface area is 119 Å². The van der Waals surface area contributed by atoms with Crippen LogP contribution in [0.15, 0.2) is 36.4 Å². The highest BCUT2D eigenvalue weighted by molar-refractivity contribution is 5.57. The summed E-state index contributed by atoms with van der Waals surface area (Å²) in [6.07, 6.45) is 0. The van der Waals surface area contributed by atoms with Crippen LogP contribution in [0, 0.1) is 18.3 Å². The molecule has 2 aromatic rings. The predicted octanol–water partition coefficient (Wildman–Crippen LogP) is 4.36. The van der Waals surface area contributed by atoms with Crippen molar-refractivity contribution in [1.29, 1.82) is 5.26 Å². The summed E-state index contributed by atoms with van der Waals surface area (Å²) in [4.78, 5) is 0. The number of hydrogen-bond acceptors (Lipinski definition) is 3. The number of hydrogen-bond donors (Lipinski definition) is 1. The second-order valence-corrected chi connectivity index (χ2v) is 5.14. The van der Waals surface area contributed by atoms with Crippen molar-refractivity contribution < 1.29 is 4.74 Å². The quantitative estimate of drug-likeness (QED) is 0.839. The molecule has 0 aliphatic carbocycles. The normalized spacial score (nSPS) is 10.3. The first-order valence-corrected chi connectivity index (χ1v) is 6.59. The van der Waals surface area contributed by atoms with E-state index in [1.807, 2.05) is 18.2 Å². The fraction of sp³-hybridized carbons (Fsp3) is 0.235. The van der Waals surface area contributed by atoms with Gasteiger partial charge in [-0.1, -0.05) is 19.9 Å². The highest BCUT2D eigenvalue weighted by Crippen LogP contribution is 2.28. The van der Waals surface area contributed by atoms with Crippen LogP contribution in [0.3, 0.4) is 0 Å². The van der Waals surface area contributed by atoms with Gasteiger partial charge in [0.05, 0.1) is 11.3 Å². The molecule has 0 radical (unpaired) electrons. The molecule has 0 fully saturated rings. The van der Waals surface area contributed by atoms with Gasteiger partial charge in [-0.05, 0) is 48.2 Å². The molecule has 0 aromatic heterocycles. The molecule has 2 aromatic carbocycles. The molecule has 0 aliphatic rings. The van der Waals surface area contributed by atoms with Gasteiger partial charge >= 0.3 is 0 Å². The second kappa shape index (κ2) is 5.66. The van der Waals surface area contributed by atoms with Gasteiger partial charge in [-0.2, -0.15) is 5.26 Å². The van der Waals surface area contributed by atoms with Gasteiger partial charge in [-0.25, -0.2) is 0 Å². The number of anilines is 1. The third-order valence-corrected chi connectivity index (χ3v) is 3.24. The average Bonchev–Trinajstić information content (AvgIpc) is 2.38. The van der Waals surface area contributed by atoms with Gasteiger partial charge in [0.1, 0.15) is 17.6 Å². The summed E-state index contributed by atoms with van der Waals surface area (Å²) in [5.41, 5.74) is 9.19. The summed E-state index contributed by atoms with van der Waals surface area (Å²) in [5.74, 6) is 1.91. The minimum Gasteiger partial charge on any atom is -0.457 e. The van der Waals surface area contributed by atoms with Gasteiger partial charge in [0.15, 0.2) is 0 Å². The molecule has 0 saturated carbocycles. The molecule has 0 spiro atoms. The lowest BCUT2D eigenvalue weighted by Gasteiger charge is -2.12. The number of nitrogen functional groups attached to an aromatic ring is 1. The van der Waals surface area contributed by atoms with Crippen LogP contribution in [0.1, 0.15) is 36.5 Å². The summed E-state index contributed by atoms with van der Waals surface area (Å²) in [5, 5.41) is 8.85. The van der Waals surface area contributed by atoms with Crippen molar-refractivity contribution in [3.8, 4) is 17.6 Å². The zero-order chi connectivity index (χ0) is 14.7. The van der Waals surface area contributed by atoms with Gasteiger partial charge < -0.3 is 10.5 Å². The van der Waals surface area contributed by atoms with E-state index < -0.39 is 0 Å². The van der Waals surface area contributed by atoms with Crippen LogP contribution in [0.25, 0.3) is 0 Å². The Bertz CT molecular complexity index is 669. The van der Waals surface area contributed by atoms with E-state index in [0.29, 0.717) is 22.9 Å². The van der Waals surface area contributed by atoms with Crippen LogP contribution >= 0.6 is 0 Å². The molecule has 20 heavy (non-hydrogen) atoms. The second-order valence-electron chi connectivity index (χ2n) is 5.14. The number of ether oxygens (including phenoxy) is 1.